The first-order valence-corrected chi connectivity index (χ1v) is 24.9. The molecule has 7 rings (SSSR count). The fourth-order valence-corrected chi connectivity index (χ4v) is 9.64. The van der Waals surface area contributed by atoms with Crippen LogP contribution in [0.2, 0.25) is 0 Å². The van der Waals surface area contributed by atoms with Gasteiger partial charge >= 0.3 is 0 Å². The maximum atomic E-state index is 2.55. The standard InChI is InChI=1S/C62H76N2/c1-9-11-13-15-17-25-31-55-56(32-26-18-16-14-12-10-2)60-46-54(64(51-37-33-47(34-38-51)61(3,4)5)52-39-35-48(36-40-52)62(6,7)8)42-44-58(60)57-43-41-53(45-59(55)57)63(49-27-21-19-22-28-49)50-29-23-20-24-30-50/h19-24,27-30,33-46H,9-18,25-26,31-32H2,1-8H3. The summed E-state index contributed by atoms with van der Waals surface area (Å²) in [4.78, 5) is 4.92. The molecule has 2 heteroatoms. The third-order valence-corrected chi connectivity index (χ3v) is 13.4. The van der Waals surface area contributed by atoms with E-state index in [1.165, 1.54) is 144 Å². The van der Waals surface area contributed by atoms with Crippen LogP contribution in [0.25, 0.3) is 21.5 Å². The highest BCUT2D eigenvalue weighted by Crippen LogP contribution is 2.44. The quantitative estimate of drug-likeness (QED) is 0.0557. The van der Waals surface area contributed by atoms with Gasteiger partial charge in [-0.05, 0) is 153 Å². The van der Waals surface area contributed by atoms with Crippen molar-refractivity contribution in [1.82, 2.24) is 0 Å². The lowest BCUT2D eigenvalue weighted by atomic mass is 9.85. The molecule has 0 heterocycles. The molecule has 0 aliphatic heterocycles. The highest BCUT2D eigenvalue weighted by atomic mass is 15.1. The second-order valence-corrected chi connectivity index (χ2v) is 20.4. The monoisotopic (exact) mass is 849 g/mol. The van der Waals surface area contributed by atoms with Crippen molar-refractivity contribution in [3.63, 3.8) is 0 Å². The summed E-state index contributed by atoms with van der Waals surface area (Å²) in [6.07, 6.45) is 17.7. The van der Waals surface area contributed by atoms with Crippen molar-refractivity contribution in [2.24, 2.45) is 0 Å². The Balaban J connectivity index is 1.44. The van der Waals surface area contributed by atoms with Crippen LogP contribution in [0.15, 0.2) is 146 Å². The predicted molar refractivity (Wildman–Crippen MR) is 282 cm³/mol. The van der Waals surface area contributed by atoms with E-state index in [-0.39, 0.29) is 10.8 Å². The summed E-state index contributed by atoms with van der Waals surface area (Å²) in [7, 11) is 0. The van der Waals surface area contributed by atoms with Crippen molar-refractivity contribution in [3.8, 4) is 0 Å². The largest absolute Gasteiger partial charge is 0.310 e. The number of anilines is 6. The number of aryl methyl sites for hydroxylation is 2. The molecular weight excluding hydrogens is 773 g/mol. The first-order chi connectivity index (χ1) is 31.0. The summed E-state index contributed by atoms with van der Waals surface area (Å²) in [5, 5.41) is 5.54. The highest BCUT2D eigenvalue weighted by Gasteiger charge is 2.22. The van der Waals surface area contributed by atoms with Crippen molar-refractivity contribution < 1.29 is 0 Å². The van der Waals surface area contributed by atoms with Gasteiger partial charge in [0.25, 0.3) is 0 Å². The molecule has 0 aromatic heterocycles. The predicted octanol–water partition coefficient (Wildman–Crippen LogP) is 19.3. The molecule has 0 saturated heterocycles. The molecule has 0 radical (unpaired) electrons. The normalized spacial score (nSPS) is 12.0. The van der Waals surface area contributed by atoms with Gasteiger partial charge in [-0.25, -0.2) is 0 Å². The third kappa shape index (κ3) is 11.3. The van der Waals surface area contributed by atoms with Crippen molar-refractivity contribution in [2.45, 2.75) is 156 Å². The molecule has 0 saturated carbocycles. The number of nitrogens with zero attached hydrogens (tertiary/aromatic N) is 2. The van der Waals surface area contributed by atoms with Crippen LogP contribution < -0.4 is 9.80 Å². The minimum Gasteiger partial charge on any atom is -0.310 e. The molecule has 0 atom stereocenters. The van der Waals surface area contributed by atoms with Crippen LogP contribution in [-0.4, -0.2) is 0 Å². The van der Waals surface area contributed by atoms with Crippen LogP contribution in [0.5, 0.6) is 0 Å². The van der Waals surface area contributed by atoms with E-state index in [0.717, 1.165) is 12.8 Å². The summed E-state index contributed by atoms with van der Waals surface area (Å²) < 4.78 is 0. The number of fused-ring (bicyclic) bond motifs is 3. The van der Waals surface area contributed by atoms with Gasteiger partial charge in [-0.2, -0.15) is 0 Å². The Morgan fingerprint density at radius 3 is 0.969 bits per heavy atom. The smallest absolute Gasteiger partial charge is 0.0468 e. The number of para-hydroxylation sites is 2. The van der Waals surface area contributed by atoms with E-state index in [0.29, 0.717) is 0 Å². The van der Waals surface area contributed by atoms with Gasteiger partial charge in [0.15, 0.2) is 0 Å². The van der Waals surface area contributed by atoms with E-state index in [4.69, 9.17) is 0 Å². The first kappa shape index (κ1) is 46.6. The molecule has 7 aromatic carbocycles. The number of unbranched alkanes of at least 4 members (excludes halogenated alkanes) is 10. The zero-order chi connectivity index (χ0) is 45.1. The number of hydrogen-bond donors (Lipinski definition) is 0. The molecule has 334 valence electrons. The Hall–Kier alpha value is -5.34. The summed E-state index contributed by atoms with van der Waals surface area (Å²) in [5.41, 5.74) is 13.1. The second-order valence-electron chi connectivity index (χ2n) is 20.4. The van der Waals surface area contributed by atoms with Gasteiger partial charge in [-0.3, -0.25) is 0 Å². The molecule has 0 N–H and O–H groups in total. The van der Waals surface area contributed by atoms with E-state index in [9.17, 15) is 0 Å². The zero-order valence-electron chi connectivity index (χ0n) is 40.7. The van der Waals surface area contributed by atoms with E-state index < -0.39 is 0 Å². The van der Waals surface area contributed by atoms with Crippen LogP contribution in [0.1, 0.15) is 155 Å². The summed E-state index contributed by atoms with van der Waals surface area (Å²) in [5.74, 6) is 0. The lowest BCUT2D eigenvalue weighted by Crippen LogP contribution is -2.14. The third-order valence-electron chi connectivity index (χ3n) is 13.4. The molecule has 0 amide bonds. The summed E-state index contributed by atoms with van der Waals surface area (Å²) in [6, 6.07) is 55.1. The molecule has 0 aliphatic carbocycles. The average molecular weight is 849 g/mol. The van der Waals surface area contributed by atoms with E-state index >= 15 is 0 Å². The van der Waals surface area contributed by atoms with E-state index in [2.05, 4.69) is 211 Å². The molecule has 0 fully saturated rings. The molecule has 7 aromatic rings. The number of hydrogen-bond acceptors (Lipinski definition) is 2. The Labute approximate surface area is 387 Å². The van der Waals surface area contributed by atoms with Crippen molar-refractivity contribution in [3.05, 3.63) is 168 Å². The van der Waals surface area contributed by atoms with Crippen molar-refractivity contribution in [2.75, 3.05) is 9.80 Å². The summed E-state index contributed by atoms with van der Waals surface area (Å²) in [6.45, 7) is 18.5. The molecule has 0 unspecified atom stereocenters. The lowest BCUT2D eigenvalue weighted by molar-refractivity contribution is 0.590. The van der Waals surface area contributed by atoms with Crippen LogP contribution in [0.4, 0.5) is 34.1 Å². The van der Waals surface area contributed by atoms with Gasteiger partial charge in [-0.15, -0.1) is 0 Å². The minimum absolute atomic E-state index is 0.0820. The van der Waals surface area contributed by atoms with Crippen LogP contribution in [0, 0.1) is 0 Å². The van der Waals surface area contributed by atoms with Gasteiger partial charge in [0.2, 0.25) is 0 Å². The molecule has 2 nitrogen and oxygen atoms in total. The Morgan fingerprint density at radius 1 is 0.312 bits per heavy atom. The van der Waals surface area contributed by atoms with Gasteiger partial charge in [0, 0.05) is 34.1 Å². The van der Waals surface area contributed by atoms with Crippen molar-refractivity contribution in [1.29, 1.82) is 0 Å². The maximum absolute atomic E-state index is 2.55. The van der Waals surface area contributed by atoms with Crippen LogP contribution in [-0.2, 0) is 23.7 Å². The maximum Gasteiger partial charge on any atom is 0.0468 e. The lowest BCUT2D eigenvalue weighted by Gasteiger charge is -2.29. The summed E-state index contributed by atoms with van der Waals surface area (Å²) >= 11 is 0. The van der Waals surface area contributed by atoms with Gasteiger partial charge < -0.3 is 9.80 Å². The molecular formula is C62H76N2. The molecule has 0 aliphatic rings. The fourth-order valence-electron chi connectivity index (χ4n) is 9.64. The van der Waals surface area contributed by atoms with Gasteiger partial charge in [-0.1, -0.05) is 192 Å². The highest BCUT2D eigenvalue weighted by molar-refractivity contribution is 6.13. The van der Waals surface area contributed by atoms with E-state index in [1.54, 1.807) is 11.1 Å². The van der Waals surface area contributed by atoms with Gasteiger partial charge in [0.1, 0.15) is 0 Å². The van der Waals surface area contributed by atoms with Crippen molar-refractivity contribution >= 4 is 55.7 Å². The number of benzene rings is 7. The molecule has 64 heavy (non-hydrogen) atoms. The molecule has 0 spiro atoms. The topological polar surface area (TPSA) is 6.48 Å². The Kier molecular flexibility index (Phi) is 15.7. The SMILES string of the molecule is CCCCCCCCc1c(CCCCCCCC)c2cc(N(c3ccc(C(C)(C)C)cc3)c3ccc(C(C)(C)C)cc3)ccc2c2ccc(N(c3ccccc3)c3ccccc3)cc12. The van der Waals surface area contributed by atoms with Crippen LogP contribution >= 0.6 is 0 Å². The molecule has 0 bridgehead atoms. The van der Waals surface area contributed by atoms with Crippen LogP contribution in [0.3, 0.4) is 0 Å². The second kappa shape index (κ2) is 21.6. The first-order valence-electron chi connectivity index (χ1n) is 24.9. The zero-order valence-corrected chi connectivity index (χ0v) is 40.7. The Bertz CT molecular complexity index is 2420. The van der Waals surface area contributed by atoms with Gasteiger partial charge in [0.05, 0.1) is 0 Å². The average Bonchev–Trinajstić information content (AvgIpc) is 3.30. The minimum atomic E-state index is 0.0820. The Morgan fingerprint density at radius 2 is 0.625 bits per heavy atom. The fraction of sp³-hybridized carbons (Fsp3) is 0.387. The number of rotatable bonds is 20. The van der Waals surface area contributed by atoms with E-state index in [1.807, 2.05) is 0 Å².